The molecule has 0 aliphatic carbocycles. The lowest BCUT2D eigenvalue weighted by molar-refractivity contribution is 0.102. The average Bonchev–Trinajstić information content (AvgIpc) is 2.79. The van der Waals surface area contributed by atoms with E-state index in [1.54, 1.807) is 24.4 Å². The van der Waals surface area contributed by atoms with Gasteiger partial charge in [-0.2, -0.15) is 0 Å². The molecule has 6 nitrogen and oxygen atoms in total. The lowest BCUT2D eigenvalue weighted by Crippen LogP contribution is -2.20. The smallest absolute Gasteiger partial charge is 0.349 e. The van der Waals surface area contributed by atoms with Crippen LogP contribution in [0.1, 0.15) is 10.4 Å². The predicted octanol–water partition coefficient (Wildman–Crippen LogP) is 4.97. The molecule has 0 saturated carbocycles. The molecular weight excluding hydrogens is 392 g/mol. The molecule has 6 heteroatoms. The Bertz CT molecular complexity index is 1520. The first-order valence-electron chi connectivity index (χ1n) is 9.61. The first-order chi connectivity index (χ1) is 15.1. The van der Waals surface area contributed by atoms with E-state index < -0.39 is 11.5 Å². The Morgan fingerprint density at radius 1 is 0.871 bits per heavy atom. The Labute approximate surface area is 176 Å². The zero-order chi connectivity index (χ0) is 21.4. The van der Waals surface area contributed by atoms with Crippen LogP contribution in [0, 0.1) is 0 Å². The normalized spacial score (nSPS) is 11.0. The summed E-state index contributed by atoms with van der Waals surface area (Å²) >= 11 is 0. The third kappa shape index (κ3) is 3.51. The summed E-state index contributed by atoms with van der Waals surface area (Å²) in [4.78, 5) is 29.5. The van der Waals surface area contributed by atoms with E-state index in [2.05, 4.69) is 10.3 Å². The van der Waals surface area contributed by atoms with E-state index >= 15 is 0 Å². The van der Waals surface area contributed by atoms with E-state index in [-0.39, 0.29) is 16.9 Å². The van der Waals surface area contributed by atoms with Crippen molar-refractivity contribution in [2.45, 2.75) is 0 Å². The molecule has 2 aromatic heterocycles. The second-order valence-electron chi connectivity index (χ2n) is 7.09. The van der Waals surface area contributed by atoms with E-state index in [1.165, 1.54) is 12.1 Å². The zero-order valence-corrected chi connectivity index (χ0v) is 16.2. The van der Waals surface area contributed by atoms with E-state index in [4.69, 9.17) is 4.42 Å². The highest BCUT2D eigenvalue weighted by molar-refractivity contribution is 6.06. The number of aromatic nitrogens is 1. The van der Waals surface area contributed by atoms with Gasteiger partial charge in [-0.15, -0.1) is 0 Å². The highest BCUT2D eigenvalue weighted by Crippen LogP contribution is 2.26. The van der Waals surface area contributed by atoms with Crippen LogP contribution in [-0.2, 0) is 0 Å². The molecule has 0 bridgehead atoms. The molecule has 150 valence electrons. The largest absolute Gasteiger partial charge is 0.504 e. The molecule has 0 spiro atoms. The van der Waals surface area contributed by atoms with Crippen molar-refractivity contribution in [2.24, 2.45) is 0 Å². The molecule has 0 aliphatic heterocycles. The summed E-state index contributed by atoms with van der Waals surface area (Å²) < 4.78 is 5.14. The quantitative estimate of drug-likeness (QED) is 0.411. The molecule has 2 N–H and O–H groups in total. The number of benzene rings is 3. The summed E-state index contributed by atoms with van der Waals surface area (Å²) in [6, 6.07) is 23.3. The van der Waals surface area contributed by atoms with Gasteiger partial charge in [0.15, 0.2) is 11.3 Å². The number of nitrogens with one attached hydrogen (secondary N) is 1. The van der Waals surface area contributed by atoms with Gasteiger partial charge in [0.2, 0.25) is 0 Å². The van der Waals surface area contributed by atoms with Crippen molar-refractivity contribution in [2.75, 3.05) is 5.32 Å². The van der Waals surface area contributed by atoms with Crippen LogP contribution in [0.2, 0.25) is 0 Å². The fraction of sp³-hybridized carbons (Fsp3) is 0. The minimum atomic E-state index is -0.818. The van der Waals surface area contributed by atoms with Crippen LogP contribution in [0.4, 0.5) is 5.69 Å². The number of aromatic hydroxyl groups is 1. The minimum absolute atomic E-state index is 0.0508. The molecule has 0 saturated heterocycles. The third-order valence-electron chi connectivity index (χ3n) is 5.03. The summed E-state index contributed by atoms with van der Waals surface area (Å²) in [5.74, 6) is -0.744. The van der Waals surface area contributed by atoms with Gasteiger partial charge in [0.25, 0.3) is 5.91 Å². The number of hydrogen-bond acceptors (Lipinski definition) is 5. The molecule has 0 fully saturated rings. The lowest BCUT2D eigenvalue weighted by Gasteiger charge is -2.08. The Hall–Kier alpha value is -4.45. The van der Waals surface area contributed by atoms with Gasteiger partial charge in [0.05, 0.1) is 5.52 Å². The number of carbonyl (C=O) groups is 1. The van der Waals surface area contributed by atoms with Crippen molar-refractivity contribution in [1.82, 2.24) is 4.98 Å². The van der Waals surface area contributed by atoms with Crippen LogP contribution in [0.15, 0.2) is 94.3 Å². The average molecular weight is 408 g/mol. The van der Waals surface area contributed by atoms with Crippen molar-refractivity contribution in [1.29, 1.82) is 0 Å². The number of pyridine rings is 1. The van der Waals surface area contributed by atoms with Gasteiger partial charge in [0, 0.05) is 28.2 Å². The van der Waals surface area contributed by atoms with Gasteiger partial charge in [-0.25, -0.2) is 4.79 Å². The van der Waals surface area contributed by atoms with Crippen LogP contribution < -0.4 is 10.9 Å². The number of carbonyl (C=O) groups excluding carboxylic acids is 1. The number of rotatable bonds is 3. The van der Waals surface area contributed by atoms with Gasteiger partial charge < -0.3 is 14.8 Å². The molecule has 0 radical (unpaired) electrons. The Kier molecular flexibility index (Phi) is 4.45. The molecule has 31 heavy (non-hydrogen) atoms. The standard InChI is InChI=1S/C25H16N2O4/c28-22-10-4-7-17-13-20(25(30)31-23(17)22)24(29)27-19-8-3-6-15(12-19)18-11-16-5-1-2-9-21(16)26-14-18/h1-14,28H,(H,27,29). The molecule has 0 atom stereocenters. The fourth-order valence-electron chi connectivity index (χ4n) is 3.49. The van der Waals surface area contributed by atoms with E-state index in [0.717, 1.165) is 22.0 Å². The van der Waals surface area contributed by atoms with Gasteiger partial charge in [-0.1, -0.05) is 42.5 Å². The summed E-state index contributed by atoms with van der Waals surface area (Å²) in [7, 11) is 0. The molecule has 5 rings (SSSR count). The number of nitrogens with zero attached hydrogens (tertiary/aromatic N) is 1. The first-order valence-corrected chi connectivity index (χ1v) is 9.61. The maximum atomic E-state index is 12.7. The Morgan fingerprint density at radius 2 is 1.68 bits per heavy atom. The van der Waals surface area contributed by atoms with Gasteiger partial charge >= 0.3 is 5.63 Å². The van der Waals surface area contributed by atoms with Crippen molar-refractivity contribution >= 4 is 33.5 Å². The molecular formula is C25H16N2O4. The molecule has 5 aromatic rings. The van der Waals surface area contributed by atoms with Crippen molar-refractivity contribution < 1.29 is 14.3 Å². The van der Waals surface area contributed by atoms with Crippen molar-refractivity contribution in [3.05, 3.63) is 101 Å². The van der Waals surface area contributed by atoms with E-state index in [1.807, 2.05) is 48.5 Å². The molecule has 1 amide bonds. The van der Waals surface area contributed by atoms with Gasteiger partial charge in [-0.3, -0.25) is 9.78 Å². The molecule has 2 heterocycles. The molecule has 0 aliphatic rings. The topological polar surface area (TPSA) is 92.4 Å². The number of phenols is 1. The SMILES string of the molecule is O=C(Nc1cccc(-c2cnc3ccccc3c2)c1)c1cc2cccc(O)c2oc1=O. The second-order valence-corrected chi connectivity index (χ2v) is 7.09. The van der Waals surface area contributed by atoms with Gasteiger partial charge in [-0.05, 0) is 42.0 Å². The minimum Gasteiger partial charge on any atom is -0.504 e. The maximum absolute atomic E-state index is 12.7. The van der Waals surface area contributed by atoms with Crippen LogP contribution in [0.25, 0.3) is 33.0 Å². The molecule has 0 unspecified atom stereocenters. The predicted molar refractivity (Wildman–Crippen MR) is 119 cm³/mol. The van der Waals surface area contributed by atoms with Gasteiger partial charge in [0.1, 0.15) is 5.56 Å². The highest BCUT2D eigenvalue weighted by atomic mass is 16.4. The van der Waals surface area contributed by atoms with Crippen LogP contribution >= 0.6 is 0 Å². The number of phenolic OH excluding ortho intramolecular Hbond substituents is 1. The fourth-order valence-corrected chi connectivity index (χ4v) is 3.49. The van der Waals surface area contributed by atoms with E-state index in [0.29, 0.717) is 11.1 Å². The number of anilines is 1. The molecule has 3 aromatic carbocycles. The first kappa shape index (κ1) is 18.6. The van der Waals surface area contributed by atoms with E-state index in [9.17, 15) is 14.7 Å². The summed E-state index contributed by atoms with van der Waals surface area (Å²) in [6.07, 6.45) is 1.79. The zero-order valence-electron chi connectivity index (χ0n) is 16.2. The number of amides is 1. The Morgan fingerprint density at radius 3 is 2.58 bits per heavy atom. The van der Waals surface area contributed by atoms with Crippen LogP contribution in [0.5, 0.6) is 5.75 Å². The second kappa shape index (κ2) is 7.42. The van der Waals surface area contributed by atoms with Crippen LogP contribution in [0.3, 0.4) is 0 Å². The number of hydrogen-bond donors (Lipinski definition) is 2. The highest BCUT2D eigenvalue weighted by Gasteiger charge is 2.15. The summed E-state index contributed by atoms with van der Waals surface area (Å²) in [6.45, 7) is 0. The Balaban J connectivity index is 1.46. The third-order valence-corrected chi connectivity index (χ3v) is 5.03. The lowest BCUT2D eigenvalue weighted by atomic mass is 10.0. The maximum Gasteiger partial charge on any atom is 0.349 e. The van der Waals surface area contributed by atoms with Crippen LogP contribution in [-0.4, -0.2) is 16.0 Å². The summed E-state index contributed by atoms with van der Waals surface area (Å²) in [5.41, 5.74) is 2.32. The number of para-hydroxylation sites is 2. The number of fused-ring (bicyclic) bond motifs is 2. The van der Waals surface area contributed by atoms with Crippen molar-refractivity contribution in [3.63, 3.8) is 0 Å². The summed E-state index contributed by atoms with van der Waals surface area (Å²) in [5, 5.41) is 14.0. The van der Waals surface area contributed by atoms with Crippen molar-refractivity contribution in [3.8, 4) is 16.9 Å². The monoisotopic (exact) mass is 408 g/mol.